The van der Waals surface area contributed by atoms with Crippen LogP contribution in [-0.2, 0) is 19.0 Å². The molecule has 2 heterocycles. The predicted molar refractivity (Wildman–Crippen MR) is 116 cm³/mol. The Labute approximate surface area is 201 Å². The summed E-state index contributed by atoms with van der Waals surface area (Å²) in [6.45, 7) is -0.330. The fraction of sp³-hybridized carbons (Fsp3) is 0.650. The molecule has 0 aromatic heterocycles. The summed E-state index contributed by atoms with van der Waals surface area (Å²) in [6.07, 6.45) is -4.64. The van der Waals surface area contributed by atoms with E-state index < -0.39 is 37.2 Å². The van der Waals surface area contributed by atoms with E-state index in [0.717, 1.165) is 7.11 Å². The summed E-state index contributed by atoms with van der Waals surface area (Å²) in [5, 5.41) is 53.5. The minimum Gasteiger partial charge on any atom is -0.480 e. The van der Waals surface area contributed by atoms with Crippen LogP contribution in [0.25, 0.3) is 0 Å². The van der Waals surface area contributed by atoms with Crippen molar-refractivity contribution in [3.63, 3.8) is 0 Å². The van der Waals surface area contributed by atoms with Crippen LogP contribution >= 0.6 is 23.2 Å². The first-order chi connectivity index (χ1) is 15.7. The second kappa shape index (κ2) is 15.6. The van der Waals surface area contributed by atoms with Crippen LogP contribution < -0.4 is 4.74 Å². The molecule has 0 aliphatic carbocycles. The van der Waals surface area contributed by atoms with E-state index in [1.54, 1.807) is 6.07 Å². The molecule has 2 aliphatic heterocycles. The molecule has 2 saturated heterocycles. The van der Waals surface area contributed by atoms with E-state index >= 15 is 0 Å². The molecule has 2 aliphatic rings. The highest BCUT2D eigenvalue weighted by Crippen LogP contribution is 2.27. The van der Waals surface area contributed by atoms with Crippen molar-refractivity contribution >= 4 is 29.2 Å². The molecular weight excluding hydrogens is 487 g/mol. The Kier molecular flexibility index (Phi) is 14.1. The predicted octanol–water partition coefficient (Wildman–Crippen LogP) is -0.519. The quantitative estimate of drug-likeness (QED) is 0.268. The maximum absolute atomic E-state index is 11.6. The maximum atomic E-state index is 11.6. The average molecular weight is 517 g/mol. The number of carbonyl (C=O) groups is 1. The molecule has 0 amide bonds. The van der Waals surface area contributed by atoms with E-state index in [0.29, 0.717) is 18.1 Å². The minimum atomic E-state index is -1.25. The number of carbonyl (C=O) groups excluding carboxylic acids is 1. The van der Waals surface area contributed by atoms with Gasteiger partial charge in [-0.25, -0.2) is 4.79 Å². The summed E-state index contributed by atoms with van der Waals surface area (Å²) in [4.78, 5) is 11.6. The average Bonchev–Trinajstić information content (AvgIpc) is 3.22. The molecule has 6 N–H and O–H groups in total. The van der Waals surface area contributed by atoms with Gasteiger partial charge in [-0.15, -0.1) is 0 Å². The van der Waals surface area contributed by atoms with Gasteiger partial charge in [-0.05, 0) is 18.2 Å². The summed E-state index contributed by atoms with van der Waals surface area (Å²) in [5.74, 6) is -0.450. The number of ether oxygens (including phenoxy) is 4. The molecule has 190 valence electrons. The first-order valence-corrected chi connectivity index (χ1v) is 10.7. The SMILES string of the molecule is CO.O=C(COc1ccc(Cl)cc1Cl)OCC1O[C@H](O)CC(O)[C@@H]1O.OCC1CC(O)CO1. The van der Waals surface area contributed by atoms with Crippen molar-refractivity contribution < 1.29 is 54.4 Å². The molecule has 2 fully saturated rings. The molecule has 0 radical (unpaired) electrons. The lowest BCUT2D eigenvalue weighted by Gasteiger charge is -2.34. The fourth-order valence-corrected chi connectivity index (χ4v) is 3.29. The third kappa shape index (κ3) is 10.7. The second-order valence-corrected chi connectivity index (χ2v) is 7.84. The molecule has 4 unspecified atom stereocenters. The molecule has 1 aromatic rings. The minimum absolute atomic E-state index is 0.0249. The van der Waals surface area contributed by atoms with Gasteiger partial charge in [0, 0.05) is 25.0 Å². The lowest BCUT2D eigenvalue weighted by Crippen LogP contribution is -2.50. The van der Waals surface area contributed by atoms with Crippen LogP contribution in [0.15, 0.2) is 18.2 Å². The van der Waals surface area contributed by atoms with Crippen LogP contribution in [0, 0.1) is 0 Å². The first kappa shape index (κ1) is 29.8. The highest BCUT2D eigenvalue weighted by molar-refractivity contribution is 6.35. The van der Waals surface area contributed by atoms with E-state index in [2.05, 4.69) is 0 Å². The zero-order chi connectivity index (χ0) is 25.0. The van der Waals surface area contributed by atoms with E-state index in [-0.39, 0.29) is 42.6 Å². The van der Waals surface area contributed by atoms with Crippen molar-refractivity contribution in [2.75, 3.05) is 33.5 Å². The van der Waals surface area contributed by atoms with E-state index in [4.69, 9.17) is 57.5 Å². The van der Waals surface area contributed by atoms with Gasteiger partial charge in [-0.3, -0.25) is 0 Å². The van der Waals surface area contributed by atoms with Crippen molar-refractivity contribution in [3.05, 3.63) is 28.2 Å². The van der Waals surface area contributed by atoms with E-state index in [9.17, 15) is 20.1 Å². The Hall–Kier alpha value is -1.25. The van der Waals surface area contributed by atoms with Crippen molar-refractivity contribution in [1.82, 2.24) is 0 Å². The van der Waals surface area contributed by atoms with Gasteiger partial charge < -0.3 is 49.6 Å². The van der Waals surface area contributed by atoms with Crippen molar-refractivity contribution in [2.45, 2.75) is 49.7 Å². The first-order valence-electron chi connectivity index (χ1n) is 9.98. The Morgan fingerprint density at radius 1 is 1.15 bits per heavy atom. The van der Waals surface area contributed by atoms with Crippen LogP contribution in [0.1, 0.15) is 12.8 Å². The van der Waals surface area contributed by atoms with Gasteiger partial charge in [0.2, 0.25) is 0 Å². The second-order valence-electron chi connectivity index (χ2n) is 7.00. The summed E-state index contributed by atoms with van der Waals surface area (Å²) < 4.78 is 20.0. The molecule has 1 aromatic carbocycles. The van der Waals surface area contributed by atoms with E-state index in [1.807, 2.05) is 0 Å². The van der Waals surface area contributed by atoms with Crippen LogP contribution in [0.2, 0.25) is 10.0 Å². The van der Waals surface area contributed by atoms with Crippen molar-refractivity contribution in [1.29, 1.82) is 0 Å². The third-order valence-corrected chi connectivity index (χ3v) is 4.99. The Balaban J connectivity index is 0.000000454. The van der Waals surface area contributed by atoms with Gasteiger partial charge in [-0.1, -0.05) is 23.2 Å². The summed E-state index contributed by atoms with van der Waals surface area (Å²) in [6, 6.07) is 4.54. The zero-order valence-corrected chi connectivity index (χ0v) is 19.4. The van der Waals surface area contributed by atoms with Crippen LogP contribution in [-0.4, -0.2) is 107 Å². The number of hydrogen-bond donors (Lipinski definition) is 6. The summed E-state index contributed by atoms with van der Waals surface area (Å²) >= 11 is 11.6. The number of benzene rings is 1. The van der Waals surface area contributed by atoms with Gasteiger partial charge in [0.1, 0.15) is 24.6 Å². The molecule has 0 saturated carbocycles. The monoisotopic (exact) mass is 516 g/mol. The third-order valence-electron chi connectivity index (χ3n) is 4.46. The van der Waals surface area contributed by atoms with Gasteiger partial charge in [0.05, 0.1) is 36.5 Å². The normalized spacial score (nSPS) is 28.6. The topological polar surface area (TPSA) is 175 Å². The highest BCUT2D eigenvalue weighted by atomic mass is 35.5. The molecule has 0 bridgehead atoms. The molecular formula is C20H30Cl2O11. The summed E-state index contributed by atoms with van der Waals surface area (Å²) in [5.41, 5.74) is 0. The Bertz CT molecular complexity index is 709. The van der Waals surface area contributed by atoms with Crippen molar-refractivity contribution in [2.24, 2.45) is 0 Å². The Morgan fingerprint density at radius 3 is 2.39 bits per heavy atom. The smallest absolute Gasteiger partial charge is 0.344 e. The number of halogens is 2. The lowest BCUT2D eigenvalue weighted by molar-refractivity contribution is -0.242. The number of hydrogen-bond acceptors (Lipinski definition) is 11. The standard InChI is InChI=1S/C14H16Cl2O7.C5H10O3.CH4O/c15-7-1-2-10(8(16)3-7)21-6-13(19)22-5-11-14(20)9(17)4-12(18)23-11;6-2-5-1-4(7)3-8-5;1-2/h1-3,9,11-12,14,17-18,20H,4-6H2;4-7H,1-3H2;2H,1H3/t9?,11?,12-,14-;;/m0../s1. The van der Waals surface area contributed by atoms with Crippen LogP contribution in [0.5, 0.6) is 5.75 Å². The van der Waals surface area contributed by atoms with Crippen molar-refractivity contribution in [3.8, 4) is 5.75 Å². The fourth-order valence-electron chi connectivity index (χ4n) is 2.83. The maximum Gasteiger partial charge on any atom is 0.344 e. The Morgan fingerprint density at radius 2 is 1.85 bits per heavy atom. The van der Waals surface area contributed by atoms with Gasteiger partial charge in [0.25, 0.3) is 0 Å². The summed E-state index contributed by atoms with van der Waals surface area (Å²) in [7, 11) is 1.00. The largest absolute Gasteiger partial charge is 0.480 e. The van der Waals surface area contributed by atoms with Gasteiger partial charge in [-0.2, -0.15) is 0 Å². The van der Waals surface area contributed by atoms with Crippen LogP contribution in [0.4, 0.5) is 0 Å². The highest BCUT2D eigenvalue weighted by Gasteiger charge is 2.36. The van der Waals surface area contributed by atoms with Crippen LogP contribution in [0.3, 0.4) is 0 Å². The molecule has 13 heteroatoms. The molecule has 33 heavy (non-hydrogen) atoms. The number of esters is 1. The van der Waals surface area contributed by atoms with E-state index in [1.165, 1.54) is 12.1 Å². The molecule has 3 rings (SSSR count). The number of aliphatic hydroxyl groups is 6. The molecule has 0 spiro atoms. The molecule has 6 atom stereocenters. The lowest BCUT2D eigenvalue weighted by atomic mass is 10.0. The molecule has 11 nitrogen and oxygen atoms in total. The van der Waals surface area contributed by atoms with Gasteiger partial charge >= 0.3 is 5.97 Å². The van der Waals surface area contributed by atoms with Gasteiger partial charge in [0.15, 0.2) is 12.9 Å². The number of rotatable bonds is 6. The number of aliphatic hydroxyl groups excluding tert-OH is 6. The zero-order valence-electron chi connectivity index (χ0n) is 17.9.